The number of amides is 1. The fraction of sp³-hybridized carbons (Fsp3) is 0.278. The molecule has 0 spiro atoms. The molecule has 1 amide bonds. The van der Waals surface area contributed by atoms with Crippen LogP contribution in [0.1, 0.15) is 15.9 Å². The molecule has 1 aliphatic heterocycles. The van der Waals surface area contributed by atoms with Crippen LogP contribution in [0.25, 0.3) is 0 Å². The molecule has 1 saturated heterocycles. The molecule has 1 aromatic heterocycles. The van der Waals surface area contributed by atoms with Crippen molar-refractivity contribution < 1.29 is 24.2 Å². The maximum atomic E-state index is 12.5. The number of morpholine rings is 1. The number of carboxylic acids is 1. The standard InChI is InChI=1S/C18H18N2O5/c21-17(20-8-9-24-15(11-20)18(22)23)14-6-7-16(19-10-14)25-12-13-4-2-1-3-5-13/h1-7,10,15H,8-9,11-12H2,(H,22,23). The van der Waals surface area contributed by atoms with Crippen LogP contribution in [-0.2, 0) is 16.1 Å². The molecule has 0 aliphatic carbocycles. The molecule has 0 bridgehead atoms. The molecule has 3 rings (SSSR count). The Kier molecular flexibility index (Phi) is 5.25. The molecule has 2 heterocycles. The summed E-state index contributed by atoms with van der Waals surface area (Å²) < 4.78 is 10.7. The molecule has 25 heavy (non-hydrogen) atoms. The van der Waals surface area contributed by atoms with E-state index in [0.717, 1.165) is 5.56 Å². The van der Waals surface area contributed by atoms with Gasteiger partial charge in [0.1, 0.15) is 6.61 Å². The molecule has 0 saturated carbocycles. The third-order valence-electron chi connectivity index (χ3n) is 3.84. The van der Waals surface area contributed by atoms with Crippen LogP contribution >= 0.6 is 0 Å². The SMILES string of the molecule is O=C(O)C1CN(C(=O)c2ccc(OCc3ccccc3)nc2)CCO1. The van der Waals surface area contributed by atoms with Crippen LogP contribution in [0.4, 0.5) is 0 Å². The van der Waals surface area contributed by atoms with Gasteiger partial charge >= 0.3 is 5.97 Å². The van der Waals surface area contributed by atoms with Gasteiger partial charge in [-0.05, 0) is 11.6 Å². The zero-order valence-electron chi connectivity index (χ0n) is 13.5. The molecule has 7 heteroatoms. The van der Waals surface area contributed by atoms with Crippen molar-refractivity contribution >= 4 is 11.9 Å². The largest absolute Gasteiger partial charge is 0.479 e. The topological polar surface area (TPSA) is 89.0 Å². The summed E-state index contributed by atoms with van der Waals surface area (Å²) in [6.07, 6.45) is 0.451. The van der Waals surface area contributed by atoms with E-state index in [1.807, 2.05) is 30.3 Å². The number of hydrogen-bond acceptors (Lipinski definition) is 5. The predicted octanol–water partition coefficient (Wildman–Crippen LogP) is 1.59. The van der Waals surface area contributed by atoms with E-state index in [4.69, 9.17) is 14.6 Å². The van der Waals surface area contributed by atoms with E-state index >= 15 is 0 Å². The maximum Gasteiger partial charge on any atom is 0.334 e. The van der Waals surface area contributed by atoms with E-state index in [1.54, 1.807) is 12.1 Å². The molecular formula is C18H18N2O5. The zero-order chi connectivity index (χ0) is 17.6. The van der Waals surface area contributed by atoms with Gasteiger partial charge in [0.2, 0.25) is 5.88 Å². The van der Waals surface area contributed by atoms with Gasteiger partial charge in [0.25, 0.3) is 5.91 Å². The Morgan fingerprint density at radius 2 is 2.04 bits per heavy atom. The second-order valence-electron chi connectivity index (χ2n) is 5.61. The summed E-state index contributed by atoms with van der Waals surface area (Å²) in [7, 11) is 0. The quantitative estimate of drug-likeness (QED) is 0.887. The van der Waals surface area contributed by atoms with Crippen molar-refractivity contribution in [3.63, 3.8) is 0 Å². The van der Waals surface area contributed by atoms with Crippen molar-refractivity contribution in [2.45, 2.75) is 12.7 Å². The minimum Gasteiger partial charge on any atom is -0.479 e. The van der Waals surface area contributed by atoms with E-state index in [1.165, 1.54) is 11.1 Å². The molecule has 7 nitrogen and oxygen atoms in total. The molecule has 1 N–H and O–H groups in total. The number of carboxylic acid groups (broad SMARTS) is 1. The van der Waals surface area contributed by atoms with Crippen LogP contribution < -0.4 is 4.74 Å². The minimum atomic E-state index is -1.07. The summed E-state index contributed by atoms with van der Waals surface area (Å²) >= 11 is 0. The normalized spacial score (nSPS) is 17.1. The van der Waals surface area contributed by atoms with Gasteiger partial charge in [-0.15, -0.1) is 0 Å². The van der Waals surface area contributed by atoms with Crippen LogP contribution in [0.15, 0.2) is 48.7 Å². The summed E-state index contributed by atoms with van der Waals surface area (Å²) in [5.41, 5.74) is 1.41. The van der Waals surface area contributed by atoms with Gasteiger partial charge in [0.15, 0.2) is 6.10 Å². The smallest absolute Gasteiger partial charge is 0.334 e. The van der Waals surface area contributed by atoms with E-state index in [-0.39, 0.29) is 19.1 Å². The molecule has 1 atom stereocenters. The van der Waals surface area contributed by atoms with Crippen LogP contribution in [0.2, 0.25) is 0 Å². The lowest BCUT2D eigenvalue weighted by Crippen LogP contribution is -2.48. The Labute approximate surface area is 144 Å². The second kappa shape index (κ2) is 7.76. The van der Waals surface area contributed by atoms with Crippen LogP contribution in [-0.4, -0.2) is 52.7 Å². The van der Waals surface area contributed by atoms with Gasteiger partial charge < -0.3 is 19.5 Å². The summed E-state index contributed by atoms with van der Waals surface area (Å²) in [6.45, 7) is 0.981. The third kappa shape index (κ3) is 4.33. The highest BCUT2D eigenvalue weighted by Gasteiger charge is 2.29. The number of carbonyl (C=O) groups excluding carboxylic acids is 1. The van der Waals surface area contributed by atoms with E-state index in [0.29, 0.717) is 24.6 Å². The number of carbonyl (C=O) groups is 2. The number of aliphatic carboxylic acids is 1. The van der Waals surface area contributed by atoms with Crippen LogP contribution in [0.3, 0.4) is 0 Å². The highest BCUT2D eigenvalue weighted by atomic mass is 16.5. The highest BCUT2D eigenvalue weighted by molar-refractivity contribution is 5.94. The van der Waals surface area contributed by atoms with Gasteiger partial charge in [0.05, 0.1) is 18.7 Å². The third-order valence-corrected chi connectivity index (χ3v) is 3.84. The molecule has 1 fully saturated rings. The zero-order valence-corrected chi connectivity index (χ0v) is 13.5. The van der Waals surface area contributed by atoms with E-state index in [2.05, 4.69) is 4.98 Å². The van der Waals surface area contributed by atoms with Crippen molar-refractivity contribution in [3.05, 3.63) is 59.8 Å². The monoisotopic (exact) mass is 342 g/mol. The first-order valence-corrected chi connectivity index (χ1v) is 7.90. The number of hydrogen-bond donors (Lipinski definition) is 1. The summed E-state index contributed by atoms with van der Waals surface area (Å²) in [5, 5.41) is 9.01. The first-order chi connectivity index (χ1) is 12.1. The van der Waals surface area contributed by atoms with Crippen molar-refractivity contribution in [1.29, 1.82) is 0 Å². The molecule has 130 valence electrons. The average molecular weight is 342 g/mol. The van der Waals surface area contributed by atoms with Gasteiger partial charge in [-0.2, -0.15) is 0 Å². The average Bonchev–Trinajstić information content (AvgIpc) is 2.67. The molecule has 1 aromatic carbocycles. The number of ether oxygens (including phenoxy) is 2. The van der Waals surface area contributed by atoms with Crippen LogP contribution in [0.5, 0.6) is 5.88 Å². The lowest BCUT2D eigenvalue weighted by Gasteiger charge is -2.30. The molecule has 1 unspecified atom stereocenters. The first-order valence-electron chi connectivity index (χ1n) is 7.90. The highest BCUT2D eigenvalue weighted by Crippen LogP contribution is 2.14. The Balaban J connectivity index is 1.59. The van der Waals surface area contributed by atoms with Crippen molar-refractivity contribution in [2.75, 3.05) is 19.7 Å². The number of nitrogens with zero attached hydrogens (tertiary/aromatic N) is 2. The van der Waals surface area contributed by atoms with Gasteiger partial charge in [-0.1, -0.05) is 30.3 Å². The fourth-order valence-electron chi connectivity index (χ4n) is 2.49. The van der Waals surface area contributed by atoms with Crippen molar-refractivity contribution in [2.24, 2.45) is 0 Å². The predicted molar refractivity (Wildman–Crippen MR) is 88.3 cm³/mol. The van der Waals surface area contributed by atoms with E-state index in [9.17, 15) is 9.59 Å². The minimum absolute atomic E-state index is 0.0282. The van der Waals surface area contributed by atoms with Crippen molar-refractivity contribution in [1.82, 2.24) is 9.88 Å². The summed E-state index contributed by atoms with van der Waals surface area (Å²) in [6, 6.07) is 13.0. The first kappa shape index (κ1) is 16.9. The number of pyridine rings is 1. The number of benzene rings is 1. The lowest BCUT2D eigenvalue weighted by molar-refractivity contribution is -0.154. The summed E-state index contributed by atoms with van der Waals surface area (Å²) in [5.74, 6) is -0.914. The van der Waals surface area contributed by atoms with Gasteiger partial charge in [-0.25, -0.2) is 9.78 Å². The Morgan fingerprint density at radius 1 is 1.24 bits per heavy atom. The van der Waals surface area contributed by atoms with Gasteiger partial charge in [-0.3, -0.25) is 4.79 Å². The summed E-state index contributed by atoms with van der Waals surface area (Å²) in [4.78, 5) is 29.1. The second-order valence-corrected chi connectivity index (χ2v) is 5.61. The Morgan fingerprint density at radius 3 is 2.72 bits per heavy atom. The van der Waals surface area contributed by atoms with Crippen molar-refractivity contribution in [3.8, 4) is 5.88 Å². The lowest BCUT2D eigenvalue weighted by atomic mass is 10.2. The molecular weight excluding hydrogens is 324 g/mol. The fourth-order valence-corrected chi connectivity index (χ4v) is 2.49. The van der Waals surface area contributed by atoms with Crippen LogP contribution in [0, 0.1) is 0 Å². The number of aromatic nitrogens is 1. The number of rotatable bonds is 5. The Bertz CT molecular complexity index is 733. The molecule has 1 aliphatic rings. The van der Waals surface area contributed by atoms with E-state index < -0.39 is 12.1 Å². The molecule has 0 radical (unpaired) electrons. The maximum absolute atomic E-state index is 12.5. The van der Waals surface area contributed by atoms with Gasteiger partial charge in [0, 0.05) is 18.8 Å². The Hall–Kier alpha value is -2.93. The molecule has 2 aromatic rings.